The first-order valence-electron chi connectivity index (χ1n) is 6.12. The molecule has 19 heavy (non-hydrogen) atoms. The van der Waals surface area contributed by atoms with E-state index in [4.69, 9.17) is 0 Å². The minimum Gasteiger partial charge on any atom is -0.325 e. The van der Waals surface area contributed by atoms with Crippen molar-refractivity contribution in [3.63, 3.8) is 0 Å². The molecule has 0 saturated heterocycles. The third kappa shape index (κ3) is 3.65. The molecule has 7 heteroatoms. The molecule has 2 aromatic rings. The predicted molar refractivity (Wildman–Crippen MR) is 75.4 cm³/mol. The average molecular weight is 282 g/mol. The summed E-state index contributed by atoms with van der Waals surface area (Å²) < 4.78 is 0. The molecule has 6 nitrogen and oxygen atoms in total. The monoisotopic (exact) mass is 281 g/mol. The summed E-state index contributed by atoms with van der Waals surface area (Å²) in [5.41, 5.74) is 2.29. The Bertz CT molecular complexity index is 566. The van der Waals surface area contributed by atoms with Gasteiger partial charge in [-0.1, -0.05) is 0 Å². The SMILES string of the molecule is Cl.O=C(CNCC1CC1)Nc1ccc2n[nH]nc2c1. The number of carbonyl (C=O) groups excluding carboxylic acids is 1. The number of fused-ring (bicyclic) bond motifs is 1. The third-order valence-electron chi connectivity index (χ3n) is 3.02. The maximum Gasteiger partial charge on any atom is 0.238 e. The van der Waals surface area contributed by atoms with Crippen LogP contribution < -0.4 is 10.6 Å². The molecule has 1 saturated carbocycles. The topological polar surface area (TPSA) is 82.7 Å². The number of hydrogen-bond acceptors (Lipinski definition) is 4. The van der Waals surface area contributed by atoms with Crippen LogP contribution >= 0.6 is 12.4 Å². The first-order chi connectivity index (χ1) is 8.81. The van der Waals surface area contributed by atoms with Crippen LogP contribution in [-0.2, 0) is 4.79 Å². The largest absolute Gasteiger partial charge is 0.325 e. The van der Waals surface area contributed by atoms with Crippen LogP contribution in [0.3, 0.4) is 0 Å². The Morgan fingerprint density at radius 1 is 1.32 bits per heavy atom. The smallest absolute Gasteiger partial charge is 0.238 e. The standard InChI is InChI=1S/C12H15N5O.ClH/c18-12(7-13-6-8-1-2-8)14-9-3-4-10-11(5-9)16-17-15-10;/h3-5,8,13H,1-2,6-7H2,(H,14,18)(H,15,16,17);1H. The molecule has 102 valence electrons. The molecule has 1 fully saturated rings. The third-order valence-corrected chi connectivity index (χ3v) is 3.02. The fourth-order valence-corrected chi connectivity index (χ4v) is 1.84. The normalized spacial score (nSPS) is 14.1. The van der Waals surface area contributed by atoms with Crippen molar-refractivity contribution in [1.82, 2.24) is 20.7 Å². The number of amides is 1. The van der Waals surface area contributed by atoms with Crippen LogP contribution in [0, 0.1) is 5.92 Å². The number of rotatable bonds is 5. The number of nitrogens with zero attached hydrogens (tertiary/aromatic N) is 2. The molecule has 3 rings (SSSR count). The molecule has 0 spiro atoms. The van der Waals surface area contributed by atoms with Gasteiger partial charge in [0, 0.05) is 5.69 Å². The molecular weight excluding hydrogens is 266 g/mol. The first-order valence-corrected chi connectivity index (χ1v) is 6.12. The van der Waals surface area contributed by atoms with Gasteiger partial charge in [0.15, 0.2) is 0 Å². The maximum atomic E-state index is 11.7. The zero-order valence-corrected chi connectivity index (χ0v) is 11.2. The van der Waals surface area contributed by atoms with Crippen LogP contribution in [0.25, 0.3) is 11.0 Å². The number of anilines is 1. The molecule has 0 bridgehead atoms. The highest BCUT2D eigenvalue weighted by Crippen LogP contribution is 2.27. The van der Waals surface area contributed by atoms with E-state index in [2.05, 4.69) is 26.0 Å². The van der Waals surface area contributed by atoms with Crippen molar-refractivity contribution in [1.29, 1.82) is 0 Å². The molecule has 0 unspecified atom stereocenters. The van der Waals surface area contributed by atoms with Crippen LogP contribution in [-0.4, -0.2) is 34.4 Å². The summed E-state index contributed by atoms with van der Waals surface area (Å²) >= 11 is 0. The van der Waals surface area contributed by atoms with E-state index >= 15 is 0 Å². The second kappa shape index (κ2) is 5.99. The van der Waals surface area contributed by atoms with Gasteiger partial charge in [0.1, 0.15) is 11.0 Å². The number of hydrogen-bond donors (Lipinski definition) is 3. The lowest BCUT2D eigenvalue weighted by Gasteiger charge is -2.05. The highest BCUT2D eigenvalue weighted by Gasteiger charge is 2.20. The van der Waals surface area contributed by atoms with Crippen molar-refractivity contribution < 1.29 is 4.79 Å². The van der Waals surface area contributed by atoms with Crippen LogP contribution in [0.5, 0.6) is 0 Å². The van der Waals surface area contributed by atoms with Gasteiger partial charge in [-0.05, 0) is 43.5 Å². The van der Waals surface area contributed by atoms with E-state index in [1.165, 1.54) is 12.8 Å². The lowest BCUT2D eigenvalue weighted by atomic mass is 10.2. The van der Waals surface area contributed by atoms with Gasteiger partial charge in [0.25, 0.3) is 0 Å². The van der Waals surface area contributed by atoms with Gasteiger partial charge in [0.2, 0.25) is 5.91 Å². The number of H-pyrrole nitrogens is 1. The Morgan fingerprint density at radius 3 is 2.89 bits per heavy atom. The number of nitrogens with one attached hydrogen (secondary N) is 3. The van der Waals surface area contributed by atoms with E-state index in [-0.39, 0.29) is 18.3 Å². The molecule has 3 N–H and O–H groups in total. The summed E-state index contributed by atoms with van der Waals surface area (Å²) in [5.74, 6) is 0.753. The number of aromatic nitrogens is 3. The minimum atomic E-state index is -0.0292. The Hall–Kier alpha value is -1.66. The second-order valence-electron chi connectivity index (χ2n) is 4.65. The van der Waals surface area contributed by atoms with Crippen LogP contribution in [0.1, 0.15) is 12.8 Å². The van der Waals surface area contributed by atoms with E-state index in [0.29, 0.717) is 6.54 Å². The molecule has 1 aliphatic rings. The van der Waals surface area contributed by atoms with Gasteiger partial charge in [-0.3, -0.25) is 4.79 Å². The molecular formula is C12H16ClN5O. The van der Waals surface area contributed by atoms with E-state index in [9.17, 15) is 4.79 Å². The Kier molecular flexibility index (Phi) is 4.34. The molecule has 0 aliphatic heterocycles. The lowest BCUT2D eigenvalue weighted by Crippen LogP contribution is -2.29. The van der Waals surface area contributed by atoms with E-state index in [0.717, 1.165) is 29.2 Å². The summed E-state index contributed by atoms with van der Waals surface area (Å²) in [6.45, 7) is 1.29. The summed E-state index contributed by atoms with van der Waals surface area (Å²) in [7, 11) is 0. The molecule has 1 amide bonds. The van der Waals surface area contributed by atoms with Crippen molar-refractivity contribution >= 4 is 35.0 Å². The van der Waals surface area contributed by atoms with E-state index in [1.807, 2.05) is 12.1 Å². The van der Waals surface area contributed by atoms with E-state index < -0.39 is 0 Å². The predicted octanol–water partition coefficient (Wildman–Crippen LogP) is 1.32. The number of carbonyl (C=O) groups is 1. The maximum absolute atomic E-state index is 11.7. The molecule has 1 aromatic heterocycles. The highest BCUT2D eigenvalue weighted by molar-refractivity contribution is 5.94. The van der Waals surface area contributed by atoms with Gasteiger partial charge in [0.05, 0.1) is 6.54 Å². The zero-order valence-electron chi connectivity index (χ0n) is 10.3. The quantitative estimate of drug-likeness (QED) is 0.772. The lowest BCUT2D eigenvalue weighted by molar-refractivity contribution is -0.115. The fourth-order valence-electron chi connectivity index (χ4n) is 1.84. The molecule has 1 heterocycles. The summed E-state index contributed by atoms with van der Waals surface area (Å²) in [6, 6.07) is 5.45. The Balaban J connectivity index is 0.00000133. The second-order valence-corrected chi connectivity index (χ2v) is 4.65. The first kappa shape index (κ1) is 13.8. The summed E-state index contributed by atoms with van der Waals surface area (Å²) in [4.78, 5) is 11.7. The van der Waals surface area contributed by atoms with Crippen molar-refractivity contribution in [2.45, 2.75) is 12.8 Å². The van der Waals surface area contributed by atoms with Gasteiger partial charge in [-0.25, -0.2) is 0 Å². The minimum absolute atomic E-state index is 0. The number of halogens is 1. The summed E-state index contributed by atoms with van der Waals surface area (Å²) in [6.07, 6.45) is 2.58. The van der Waals surface area contributed by atoms with Crippen LogP contribution in [0.4, 0.5) is 5.69 Å². The average Bonchev–Trinajstić information content (AvgIpc) is 3.06. The molecule has 0 radical (unpaired) electrons. The van der Waals surface area contributed by atoms with Crippen molar-refractivity contribution in [3.05, 3.63) is 18.2 Å². The van der Waals surface area contributed by atoms with Gasteiger partial charge in [-0.2, -0.15) is 15.4 Å². The highest BCUT2D eigenvalue weighted by atomic mass is 35.5. The van der Waals surface area contributed by atoms with Crippen molar-refractivity contribution in [2.75, 3.05) is 18.4 Å². The van der Waals surface area contributed by atoms with Crippen molar-refractivity contribution in [2.24, 2.45) is 5.92 Å². The number of benzene rings is 1. The fraction of sp³-hybridized carbons (Fsp3) is 0.417. The molecule has 1 aromatic carbocycles. The van der Waals surface area contributed by atoms with Crippen molar-refractivity contribution in [3.8, 4) is 0 Å². The molecule has 1 aliphatic carbocycles. The Labute approximate surface area is 116 Å². The Morgan fingerprint density at radius 2 is 2.11 bits per heavy atom. The van der Waals surface area contributed by atoms with Gasteiger partial charge < -0.3 is 10.6 Å². The van der Waals surface area contributed by atoms with Crippen LogP contribution in [0.15, 0.2) is 18.2 Å². The van der Waals surface area contributed by atoms with Gasteiger partial charge >= 0.3 is 0 Å². The zero-order chi connectivity index (χ0) is 12.4. The summed E-state index contributed by atoms with van der Waals surface area (Å²) in [5, 5.41) is 16.5. The van der Waals surface area contributed by atoms with Crippen LogP contribution in [0.2, 0.25) is 0 Å². The number of aromatic amines is 1. The molecule has 0 atom stereocenters. The van der Waals surface area contributed by atoms with E-state index in [1.54, 1.807) is 6.07 Å². The van der Waals surface area contributed by atoms with Gasteiger partial charge in [-0.15, -0.1) is 12.4 Å².